The molecule has 1 N–H and O–H groups in total. The van der Waals surface area contributed by atoms with Gasteiger partial charge in [0.15, 0.2) is 6.23 Å². The molecule has 1 fully saturated rings. The van der Waals surface area contributed by atoms with Crippen molar-refractivity contribution in [1.82, 2.24) is 0 Å². The number of benzene rings is 1. The Labute approximate surface area is 88.4 Å². The Morgan fingerprint density at radius 3 is 3.13 bits per heavy atom. The van der Waals surface area contributed by atoms with Crippen LogP contribution in [0.3, 0.4) is 0 Å². The Bertz CT molecular complexity index is 402. The molecule has 0 radical (unpaired) electrons. The van der Waals surface area contributed by atoms with E-state index in [0.717, 1.165) is 18.5 Å². The molecule has 0 bridgehead atoms. The van der Waals surface area contributed by atoms with E-state index in [4.69, 9.17) is 4.74 Å². The van der Waals surface area contributed by atoms with Crippen LogP contribution in [0.15, 0.2) is 24.3 Å². The van der Waals surface area contributed by atoms with Crippen LogP contribution >= 0.6 is 0 Å². The number of rotatable bonds is 0. The van der Waals surface area contributed by atoms with Crippen LogP contribution < -0.4 is 5.32 Å². The Morgan fingerprint density at radius 2 is 2.20 bits per heavy atom. The smallest absolute Gasteiger partial charge is 0.307 e. The maximum atomic E-state index is 11.3. The molecule has 78 valence electrons. The molecule has 3 heteroatoms. The lowest BCUT2D eigenvalue weighted by molar-refractivity contribution is -0.146. The van der Waals surface area contributed by atoms with Gasteiger partial charge in [-0.05, 0) is 24.5 Å². The summed E-state index contributed by atoms with van der Waals surface area (Å²) >= 11 is 0. The second-order valence-corrected chi connectivity index (χ2v) is 4.14. The van der Waals surface area contributed by atoms with Gasteiger partial charge in [0.1, 0.15) is 0 Å². The van der Waals surface area contributed by atoms with Crippen LogP contribution in [0.1, 0.15) is 30.7 Å². The third-order valence-electron chi connectivity index (χ3n) is 3.18. The van der Waals surface area contributed by atoms with Gasteiger partial charge in [0.2, 0.25) is 0 Å². The molecule has 15 heavy (non-hydrogen) atoms. The van der Waals surface area contributed by atoms with E-state index < -0.39 is 0 Å². The second-order valence-electron chi connectivity index (χ2n) is 4.14. The van der Waals surface area contributed by atoms with E-state index in [-0.39, 0.29) is 12.2 Å². The van der Waals surface area contributed by atoms with Gasteiger partial charge in [-0.25, -0.2) is 0 Å². The predicted octanol–water partition coefficient (Wildman–Crippen LogP) is 2.25. The van der Waals surface area contributed by atoms with Crippen LogP contribution in [0, 0.1) is 0 Å². The average molecular weight is 203 g/mol. The summed E-state index contributed by atoms with van der Waals surface area (Å²) in [5.41, 5.74) is 2.40. The molecular formula is C12H13NO2. The summed E-state index contributed by atoms with van der Waals surface area (Å²) in [6.45, 7) is 0. The third-order valence-corrected chi connectivity index (χ3v) is 3.18. The van der Waals surface area contributed by atoms with Crippen LogP contribution in [0.4, 0.5) is 5.69 Å². The van der Waals surface area contributed by atoms with Crippen molar-refractivity contribution < 1.29 is 9.53 Å². The molecule has 0 spiro atoms. The van der Waals surface area contributed by atoms with Crippen molar-refractivity contribution in [2.24, 2.45) is 0 Å². The molecule has 0 aromatic heterocycles. The average Bonchev–Trinajstić information content (AvgIpc) is 2.46. The third kappa shape index (κ3) is 1.39. The molecule has 0 aliphatic carbocycles. The SMILES string of the molecule is O=C1CCCC2c3ccccc3NC2O1. The van der Waals surface area contributed by atoms with Gasteiger partial charge in [0, 0.05) is 18.0 Å². The minimum Gasteiger partial charge on any atom is -0.441 e. The fourth-order valence-electron chi connectivity index (χ4n) is 2.45. The normalized spacial score (nSPS) is 28.4. The molecule has 2 atom stereocenters. The van der Waals surface area contributed by atoms with Crippen molar-refractivity contribution in [2.45, 2.75) is 31.4 Å². The van der Waals surface area contributed by atoms with Crippen molar-refractivity contribution in [3.8, 4) is 0 Å². The number of nitrogens with one attached hydrogen (secondary N) is 1. The van der Waals surface area contributed by atoms with Gasteiger partial charge < -0.3 is 10.1 Å². The summed E-state index contributed by atoms with van der Waals surface area (Å²) in [4.78, 5) is 11.3. The summed E-state index contributed by atoms with van der Waals surface area (Å²) in [6.07, 6.45) is 2.37. The number of fused-ring (bicyclic) bond motifs is 3. The first kappa shape index (κ1) is 8.77. The lowest BCUT2D eigenvalue weighted by atomic mass is 9.95. The van der Waals surface area contributed by atoms with E-state index in [9.17, 15) is 4.79 Å². The number of anilines is 1. The van der Waals surface area contributed by atoms with Crippen molar-refractivity contribution in [2.75, 3.05) is 5.32 Å². The van der Waals surface area contributed by atoms with E-state index in [1.807, 2.05) is 18.2 Å². The zero-order valence-corrected chi connectivity index (χ0v) is 8.40. The largest absolute Gasteiger partial charge is 0.441 e. The highest BCUT2D eigenvalue weighted by Gasteiger charge is 2.36. The van der Waals surface area contributed by atoms with Crippen molar-refractivity contribution in [3.05, 3.63) is 29.8 Å². The van der Waals surface area contributed by atoms with Crippen molar-refractivity contribution in [1.29, 1.82) is 0 Å². The van der Waals surface area contributed by atoms with Gasteiger partial charge >= 0.3 is 5.97 Å². The van der Waals surface area contributed by atoms with Gasteiger partial charge in [0.05, 0.1) is 0 Å². The zero-order chi connectivity index (χ0) is 10.3. The Kier molecular flexibility index (Phi) is 1.91. The molecule has 0 saturated carbocycles. The van der Waals surface area contributed by atoms with Gasteiger partial charge in [-0.3, -0.25) is 4.79 Å². The summed E-state index contributed by atoms with van der Waals surface area (Å²) in [5, 5.41) is 3.26. The van der Waals surface area contributed by atoms with E-state index in [0.29, 0.717) is 12.3 Å². The fraction of sp³-hybridized carbons (Fsp3) is 0.417. The highest BCUT2D eigenvalue weighted by atomic mass is 16.6. The van der Waals surface area contributed by atoms with Gasteiger partial charge in [-0.15, -0.1) is 0 Å². The maximum Gasteiger partial charge on any atom is 0.307 e. The molecule has 0 amide bonds. The first-order chi connectivity index (χ1) is 7.34. The molecule has 2 aliphatic rings. The number of carbonyl (C=O) groups is 1. The van der Waals surface area contributed by atoms with Crippen LogP contribution in [0.2, 0.25) is 0 Å². The van der Waals surface area contributed by atoms with Crippen molar-refractivity contribution >= 4 is 11.7 Å². The Morgan fingerprint density at radius 1 is 1.33 bits per heavy atom. The molecule has 3 nitrogen and oxygen atoms in total. The minimum atomic E-state index is -0.141. The quantitative estimate of drug-likeness (QED) is 0.657. The summed E-state index contributed by atoms with van der Waals surface area (Å²) in [7, 11) is 0. The fourth-order valence-corrected chi connectivity index (χ4v) is 2.45. The lowest BCUT2D eigenvalue weighted by Gasteiger charge is -2.16. The number of carbonyl (C=O) groups excluding carboxylic acids is 1. The standard InChI is InChI=1S/C12H13NO2/c14-11-7-3-5-9-8-4-1-2-6-10(8)13-12(9)15-11/h1-2,4,6,9,12-13H,3,5,7H2. The molecule has 1 saturated heterocycles. The van der Waals surface area contributed by atoms with Crippen LogP contribution in [0.5, 0.6) is 0 Å². The van der Waals surface area contributed by atoms with Crippen LogP contribution in [-0.2, 0) is 9.53 Å². The van der Waals surface area contributed by atoms with Crippen LogP contribution in [0.25, 0.3) is 0 Å². The number of esters is 1. The predicted molar refractivity (Wildman–Crippen MR) is 56.5 cm³/mol. The van der Waals surface area contributed by atoms with Gasteiger partial charge in [-0.2, -0.15) is 0 Å². The molecule has 2 unspecified atom stereocenters. The first-order valence-corrected chi connectivity index (χ1v) is 5.39. The lowest BCUT2D eigenvalue weighted by Crippen LogP contribution is -2.24. The second kappa shape index (κ2) is 3.26. The van der Waals surface area contributed by atoms with E-state index in [2.05, 4.69) is 11.4 Å². The Balaban J connectivity index is 1.96. The molecule has 1 aromatic carbocycles. The van der Waals surface area contributed by atoms with Gasteiger partial charge in [0.25, 0.3) is 0 Å². The molecular weight excluding hydrogens is 190 g/mol. The summed E-state index contributed by atoms with van der Waals surface area (Å²) in [5.74, 6) is 0.260. The first-order valence-electron chi connectivity index (χ1n) is 5.39. The number of ether oxygens (including phenoxy) is 1. The van der Waals surface area contributed by atoms with Crippen molar-refractivity contribution in [3.63, 3.8) is 0 Å². The highest BCUT2D eigenvalue weighted by Crippen LogP contribution is 2.40. The monoisotopic (exact) mass is 203 g/mol. The highest BCUT2D eigenvalue weighted by molar-refractivity contribution is 5.71. The molecule has 1 aromatic rings. The number of hydrogen-bond donors (Lipinski definition) is 1. The number of para-hydroxylation sites is 1. The molecule has 2 aliphatic heterocycles. The van der Waals surface area contributed by atoms with E-state index in [1.54, 1.807) is 0 Å². The van der Waals surface area contributed by atoms with Crippen LogP contribution in [-0.4, -0.2) is 12.2 Å². The molecule has 2 heterocycles. The Hall–Kier alpha value is -1.51. The van der Waals surface area contributed by atoms with E-state index in [1.165, 1.54) is 5.56 Å². The minimum absolute atomic E-state index is 0.0807. The summed E-state index contributed by atoms with van der Waals surface area (Å²) < 4.78 is 5.37. The maximum absolute atomic E-state index is 11.3. The molecule has 3 rings (SSSR count). The number of hydrogen-bond acceptors (Lipinski definition) is 3. The summed E-state index contributed by atoms with van der Waals surface area (Å²) in [6, 6.07) is 8.19. The topological polar surface area (TPSA) is 38.3 Å². The van der Waals surface area contributed by atoms with E-state index >= 15 is 0 Å². The zero-order valence-electron chi connectivity index (χ0n) is 8.40. The van der Waals surface area contributed by atoms with Gasteiger partial charge in [-0.1, -0.05) is 18.2 Å².